The minimum absolute atomic E-state index is 0.148. The predicted molar refractivity (Wildman–Crippen MR) is 120 cm³/mol. The molecule has 0 bridgehead atoms. The molecule has 0 aliphatic heterocycles. The number of benzene rings is 2. The molecule has 0 radical (unpaired) electrons. The lowest BCUT2D eigenvalue weighted by Gasteiger charge is -2.19. The van der Waals surface area contributed by atoms with E-state index in [1.807, 2.05) is 48.6 Å². The summed E-state index contributed by atoms with van der Waals surface area (Å²) in [4.78, 5) is 29.4. The first-order valence-corrected chi connectivity index (χ1v) is 10.3. The highest BCUT2D eigenvalue weighted by Crippen LogP contribution is 2.25. The molecule has 150 valence electrons. The number of hydrogen-bond acceptors (Lipinski definition) is 4. The lowest BCUT2D eigenvalue weighted by molar-refractivity contribution is 0.0785. The average molecular weight is 428 g/mol. The molecule has 1 heterocycles. The first-order chi connectivity index (χ1) is 13.8. The van der Waals surface area contributed by atoms with Gasteiger partial charge in [0.05, 0.1) is 15.6 Å². The number of halogens is 1. The number of carbonyl (C=O) groups excluding carboxylic acids is 2. The number of nitrogens with zero attached hydrogens (tertiary/aromatic N) is 2. The third kappa shape index (κ3) is 5.16. The van der Waals surface area contributed by atoms with Crippen LogP contribution in [0.2, 0.25) is 5.02 Å². The van der Waals surface area contributed by atoms with Crippen LogP contribution >= 0.6 is 22.9 Å². The molecule has 0 atom stereocenters. The van der Waals surface area contributed by atoms with Gasteiger partial charge >= 0.3 is 0 Å². The summed E-state index contributed by atoms with van der Waals surface area (Å²) in [6.07, 6.45) is 0. The summed E-state index contributed by atoms with van der Waals surface area (Å²) in [6.45, 7) is 0.478. The normalized spacial score (nSPS) is 10.5. The molecule has 0 spiro atoms. The van der Waals surface area contributed by atoms with E-state index < -0.39 is 0 Å². The maximum atomic E-state index is 12.9. The Bertz CT molecular complexity index is 1000. The van der Waals surface area contributed by atoms with Crippen molar-refractivity contribution < 1.29 is 9.59 Å². The molecule has 1 aromatic heterocycles. The first kappa shape index (κ1) is 20.9. The molecule has 0 aliphatic carbocycles. The van der Waals surface area contributed by atoms with Crippen LogP contribution in [-0.2, 0) is 6.54 Å². The second kappa shape index (κ2) is 9.11. The maximum Gasteiger partial charge on any atom is 0.265 e. The topological polar surface area (TPSA) is 52.6 Å². The summed E-state index contributed by atoms with van der Waals surface area (Å²) in [5, 5.41) is 4.99. The molecule has 3 rings (SSSR count). The van der Waals surface area contributed by atoms with Gasteiger partial charge in [-0.05, 0) is 47.3 Å². The Balaban J connectivity index is 1.72. The van der Waals surface area contributed by atoms with E-state index in [9.17, 15) is 9.59 Å². The molecule has 5 nitrogen and oxygen atoms in total. The zero-order chi connectivity index (χ0) is 21.0. The van der Waals surface area contributed by atoms with Crippen molar-refractivity contribution in [3.8, 4) is 0 Å². The Morgan fingerprint density at radius 1 is 1.03 bits per heavy atom. The van der Waals surface area contributed by atoms with E-state index >= 15 is 0 Å². The van der Waals surface area contributed by atoms with Crippen LogP contribution in [0.15, 0.2) is 60.0 Å². The maximum absolute atomic E-state index is 12.9. The molecule has 29 heavy (non-hydrogen) atoms. The zero-order valence-electron chi connectivity index (χ0n) is 16.5. The van der Waals surface area contributed by atoms with Gasteiger partial charge in [-0.3, -0.25) is 9.59 Å². The fraction of sp³-hybridized carbons (Fsp3) is 0.182. The predicted octanol–water partition coefficient (Wildman–Crippen LogP) is 4.99. The quantitative estimate of drug-likeness (QED) is 0.602. The highest BCUT2D eigenvalue weighted by Gasteiger charge is 2.16. The van der Waals surface area contributed by atoms with Crippen LogP contribution in [0.4, 0.5) is 11.4 Å². The largest absolute Gasteiger partial charge is 0.378 e. The molecule has 0 saturated carbocycles. The van der Waals surface area contributed by atoms with Crippen molar-refractivity contribution in [2.24, 2.45) is 0 Å². The second-order valence-corrected chi connectivity index (χ2v) is 8.20. The molecule has 2 aromatic carbocycles. The van der Waals surface area contributed by atoms with Crippen molar-refractivity contribution in [3.63, 3.8) is 0 Å². The van der Waals surface area contributed by atoms with Gasteiger partial charge in [0.25, 0.3) is 11.8 Å². The van der Waals surface area contributed by atoms with Gasteiger partial charge in [0.2, 0.25) is 0 Å². The van der Waals surface area contributed by atoms with Gasteiger partial charge in [-0.15, -0.1) is 11.3 Å². The fourth-order valence-corrected chi connectivity index (χ4v) is 3.60. The van der Waals surface area contributed by atoms with E-state index in [0.717, 1.165) is 11.3 Å². The lowest BCUT2D eigenvalue weighted by atomic mass is 10.1. The van der Waals surface area contributed by atoms with Crippen molar-refractivity contribution in [1.82, 2.24) is 4.90 Å². The smallest absolute Gasteiger partial charge is 0.265 e. The average Bonchev–Trinajstić information content (AvgIpc) is 3.24. The monoisotopic (exact) mass is 427 g/mol. The Morgan fingerprint density at radius 2 is 1.76 bits per heavy atom. The summed E-state index contributed by atoms with van der Waals surface area (Å²) < 4.78 is 0. The molecule has 7 heteroatoms. The molecular formula is C22H22ClN3O2S. The van der Waals surface area contributed by atoms with Crippen LogP contribution in [0, 0.1) is 0 Å². The van der Waals surface area contributed by atoms with Crippen LogP contribution < -0.4 is 10.2 Å². The Hall–Kier alpha value is -2.83. The van der Waals surface area contributed by atoms with Gasteiger partial charge in [-0.2, -0.15) is 0 Å². The molecule has 0 saturated heterocycles. The molecule has 0 aliphatic rings. The minimum atomic E-state index is -0.249. The Labute approximate surface area is 179 Å². The summed E-state index contributed by atoms with van der Waals surface area (Å²) in [5.41, 5.74) is 3.01. The molecular weight excluding hydrogens is 406 g/mol. The van der Waals surface area contributed by atoms with E-state index in [1.165, 1.54) is 11.3 Å². The molecule has 0 fully saturated rings. The van der Waals surface area contributed by atoms with Crippen LogP contribution in [0.5, 0.6) is 0 Å². The van der Waals surface area contributed by atoms with Gasteiger partial charge in [0.1, 0.15) is 0 Å². The highest BCUT2D eigenvalue weighted by molar-refractivity contribution is 7.12. The van der Waals surface area contributed by atoms with Crippen LogP contribution in [0.3, 0.4) is 0 Å². The van der Waals surface area contributed by atoms with Gasteiger partial charge in [-0.1, -0.05) is 29.8 Å². The Morgan fingerprint density at radius 3 is 2.38 bits per heavy atom. The van der Waals surface area contributed by atoms with E-state index in [1.54, 1.807) is 42.3 Å². The fourth-order valence-electron chi connectivity index (χ4n) is 2.81. The lowest BCUT2D eigenvalue weighted by Crippen LogP contribution is -2.26. The van der Waals surface area contributed by atoms with Crippen molar-refractivity contribution in [2.45, 2.75) is 6.54 Å². The van der Waals surface area contributed by atoms with Gasteiger partial charge in [-0.25, -0.2) is 0 Å². The van der Waals surface area contributed by atoms with Crippen molar-refractivity contribution in [1.29, 1.82) is 0 Å². The zero-order valence-corrected chi connectivity index (χ0v) is 18.1. The number of anilines is 2. The van der Waals surface area contributed by atoms with Gasteiger partial charge < -0.3 is 15.1 Å². The summed E-state index contributed by atoms with van der Waals surface area (Å²) in [5.74, 6) is -0.397. The van der Waals surface area contributed by atoms with Crippen LogP contribution in [0.25, 0.3) is 0 Å². The molecule has 0 unspecified atom stereocenters. The third-order valence-corrected chi connectivity index (χ3v) is 5.62. The number of hydrogen-bond donors (Lipinski definition) is 1. The van der Waals surface area contributed by atoms with E-state index in [-0.39, 0.29) is 11.8 Å². The first-order valence-electron chi connectivity index (χ1n) is 9.01. The SMILES string of the molecule is CN(Cc1ccc(N(C)C)cc1)C(=O)c1ccc(Cl)c(NC(=O)c2cccs2)c1. The number of carbonyl (C=O) groups is 2. The number of rotatable bonds is 6. The molecule has 3 aromatic rings. The molecule has 1 N–H and O–H groups in total. The third-order valence-electron chi connectivity index (χ3n) is 4.43. The van der Waals surface area contributed by atoms with E-state index in [4.69, 9.17) is 11.6 Å². The molecule has 2 amide bonds. The number of nitrogens with one attached hydrogen (secondary N) is 1. The van der Waals surface area contributed by atoms with Crippen molar-refractivity contribution >= 4 is 46.1 Å². The van der Waals surface area contributed by atoms with Gasteiger partial charge in [0, 0.05) is 38.9 Å². The van der Waals surface area contributed by atoms with Crippen LogP contribution in [-0.4, -0.2) is 37.9 Å². The Kier molecular flexibility index (Phi) is 6.56. The van der Waals surface area contributed by atoms with Gasteiger partial charge in [0.15, 0.2) is 0 Å². The summed E-state index contributed by atoms with van der Waals surface area (Å²) >= 11 is 7.56. The van der Waals surface area contributed by atoms with Crippen molar-refractivity contribution in [2.75, 3.05) is 31.4 Å². The van der Waals surface area contributed by atoms with Crippen LogP contribution in [0.1, 0.15) is 25.6 Å². The second-order valence-electron chi connectivity index (χ2n) is 6.85. The highest BCUT2D eigenvalue weighted by atomic mass is 35.5. The number of thiophene rings is 1. The number of amides is 2. The van der Waals surface area contributed by atoms with E-state index in [2.05, 4.69) is 5.32 Å². The summed E-state index contributed by atoms with van der Waals surface area (Å²) in [7, 11) is 5.72. The van der Waals surface area contributed by atoms with E-state index in [0.29, 0.717) is 27.7 Å². The standard InChI is InChI=1S/C22H22ClN3O2S/c1-25(2)17-9-6-15(7-10-17)14-26(3)22(28)16-8-11-18(23)19(13-16)24-21(27)20-5-4-12-29-20/h4-13H,14H2,1-3H3,(H,24,27). The minimum Gasteiger partial charge on any atom is -0.378 e. The summed E-state index contributed by atoms with van der Waals surface area (Å²) in [6, 6.07) is 16.5. The van der Waals surface area contributed by atoms with Crippen molar-refractivity contribution in [3.05, 3.63) is 81.0 Å².